The van der Waals surface area contributed by atoms with Crippen molar-refractivity contribution < 1.29 is 0 Å². The molecule has 84 valence electrons. The van der Waals surface area contributed by atoms with Gasteiger partial charge in [0.2, 0.25) is 0 Å². The van der Waals surface area contributed by atoms with Gasteiger partial charge in [-0.1, -0.05) is 66.2 Å². The van der Waals surface area contributed by atoms with Crippen LogP contribution in [-0.4, -0.2) is 0 Å². The summed E-state index contributed by atoms with van der Waals surface area (Å²) in [5.41, 5.74) is 0.630. The lowest BCUT2D eigenvalue weighted by molar-refractivity contribution is 0.173. The van der Waals surface area contributed by atoms with Gasteiger partial charge in [0.05, 0.1) is 0 Å². The number of rotatable bonds is 4. The summed E-state index contributed by atoms with van der Waals surface area (Å²) in [5, 5.41) is 0. The van der Waals surface area contributed by atoms with Gasteiger partial charge in [0.1, 0.15) is 0 Å². The van der Waals surface area contributed by atoms with Gasteiger partial charge < -0.3 is 0 Å². The van der Waals surface area contributed by atoms with Crippen LogP contribution in [0.5, 0.6) is 0 Å². The Morgan fingerprint density at radius 2 is 1.50 bits per heavy atom. The molecule has 0 saturated heterocycles. The van der Waals surface area contributed by atoms with E-state index in [0.29, 0.717) is 5.41 Å². The first kappa shape index (κ1) is 12.1. The minimum Gasteiger partial charge on any atom is -0.0649 e. The molecule has 0 aliphatic heterocycles. The first-order valence-electron chi connectivity index (χ1n) is 6.59. The fraction of sp³-hybridized carbons (Fsp3) is 1.00. The maximum atomic E-state index is 2.48. The van der Waals surface area contributed by atoms with E-state index in [1.807, 2.05) is 0 Å². The highest BCUT2D eigenvalue weighted by atomic mass is 14.3. The summed E-state index contributed by atoms with van der Waals surface area (Å²) >= 11 is 0. The van der Waals surface area contributed by atoms with Crippen molar-refractivity contribution in [1.82, 2.24) is 0 Å². The van der Waals surface area contributed by atoms with Gasteiger partial charge in [0.25, 0.3) is 0 Å². The van der Waals surface area contributed by atoms with Crippen molar-refractivity contribution >= 4 is 0 Å². The van der Waals surface area contributed by atoms with Crippen LogP contribution in [0.3, 0.4) is 0 Å². The Balaban J connectivity index is 2.36. The molecular weight excluding hydrogens is 168 g/mol. The fourth-order valence-electron chi connectivity index (χ4n) is 2.77. The van der Waals surface area contributed by atoms with Crippen LogP contribution in [0.25, 0.3) is 0 Å². The molecular formula is C14H28. The molecule has 0 bridgehead atoms. The predicted molar refractivity (Wildman–Crippen MR) is 64.4 cm³/mol. The molecule has 0 radical (unpaired) electrons. The summed E-state index contributed by atoms with van der Waals surface area (Å²) in [6.45, 7) is 9.60. The Kier molecular flexibility index (Phi) is 4.47. The highest BCUT2D eigenvalue weighted by molar-refractivity contribution is 4.78. The zero-order valence-electron chi connectivity index (χ0n) is 10.6. The van der Waals surface area contributed by atoms with Gasteiger partial charge in [0, 0.05) is 0 Å². The third-order valence-corrected chi connectivity index (χ3v) is 4.62. The van der Waals surface area contributed by atoms with Crippen molar-refractivity contribution in [3.05, 3.63) is 0 Å². The quantitative estimate of drug-likeness (QED) is 0.591. The fourth-order valence-corrected chi connectivity index (χ4v) is 2.77. The van der Waals surface area contributed by atoms with Crippen molar-refractivity contribution in [1.29, 1.82) is 0 Å². The van der Waals surface area contributed by atoms with Crippen molar-refractivity contribution in [2.45, 2.75) is 72.6 Å². The SMILES string of the molecule is CCC(C)(CC)CC1CCC(C)CC1. The zero-order valence-corrected chi connectivity index (χ0v) is 10.6. The largest absolute Gasteiger partial charge is 0.0649 e. The lowest BCUT2D eigenvalue weighted by Crippen LogP contribution is -2.22. The van der Waals surface area contributed by atoms with Crippen molar-refractivity contribution in [3.63, 3.8) is 0 Å². The van der Waals surface area contributed by atoms with E-state index in [1.54, 1.807) is 0 Å². The van der Waals surface area contributed by atoms with Gasteiger partial charge in [-0.3, -0.25) is 0 Å². The molecule has 1 aliphatic carbocycles. The molecule has 0 nitrogen and oxygen atoms in total. The first-order chi connectivity index (χ1) is 6.59. The molecule has 1 fully saturated rings. The monoisotopic (exact) mass is 196 g/mol. The molecule has 0 aromatic rings. The molecule has 0 amide bonds. The van der Waals surface area contributed by atoms with Gasteiger partial charge in [-0.2, -0.15) is 0 Å². The van der Waals surface area contributed by atoms with E-state index in [2.05, 4.69) is 27.7 Å². The normalized spacial score (nSPS) is 29.1. The van der Waals surface area contributed by atoms with Crippen LogP contribution >= 0.6 is 0 Å². The van der Waals surface area contributed by atoms with Crippen molar-refractivity contribution in [3.8, 4) is 0 Å². The Labute approximate surface area is 90.5 Å². The van der Waals surface area contributed by atoms with Gasteiger partial charge >= 0.3 is 0 Å². The van der Waals surface area contributed by atoms with Crippen LogP contribution in [0.2, 0.25) is 0 Å². The molecule has 0 heterocycles. The lowest BCUT2D eigenvalue weighted by atomic mass is 9.71. The van der Waals surface area contributed by atoms with Crippen LogP contribution in [0.4, 0.5) is 0 Å². The minimum absolute atomic E-state index is 0.630. The van der Waals surface area contributed by atoms with E-state index < -0.39 is 0 Å². The van der Waals surface area contributed by atoms with E-state index in [4.69, 9.17) is 0 Å². The molecule has 0 atom stereocenters. The second-order valence-corrected chi connectivity index (χ2v) is 5.85. The molecule has 1 aliphatic rings. The highest BCUT2D eigenvalue weighted by Crippen LogP contribution is 2.39. The molecule has 0 aromatic heterocycles. The van der Waals surface area contributed by atoms with Crippen LogP contribution in [0, 0.1) is 17.3 Å². The summed E-state index contributed by atoms with van der Waals surface area (Å²) in [7, 11) is 0. The topological polar surface area (TPSA) is 0 Å². The smallest absolute Gasteiger partial charge is 0.0328 e. The van der Waals surface area contributed by atoms with Crippen molar-refractivity contribution in [2.24, 2.45) is 17.3 Å². The second-order valence-electron chi connectivity index (χ2n) is 5.85. The number of hydrogen-bond donors (Lipinski definition) is 0. The molecule has 1 saturated carbocycles. The minimum atomic E-state index is 0.630. The molecule has 14 heavy (non-hydrogen) atoms. The molecule has 0 spiro atoms. The third kappa shape index (κ3) is 3.29. The van der Waals surface area contributed by atoms with Crippen LogP contribution in [-0.2, 0) is 0 Å². The van der Waals surface area contributed by atoms with E-state index in [9.17, 15) is 0 Å². The third-order valence-electron chi connectivity index (χ3n) is 4.62. The average Bonchev–Trinajstić information content (AvgIpc) is 2.21. The molecule has 1 rings (SSSR count). The Hall–Kier alpha value is 0. The zero-order chi connectivity index (χ0) is 10.6. The maximum absolute atomic E-state index is 2.48. The average molecular weight is 196 g/mol. The summed E-state index contributed by atoms with van der Waals surface area (Å²) in [6, 6.07) is 0. The van der Waals surface area contributed by atoms with E-state index in [-0.39, 0.29) is 0 Å². The Bertz CT molecular complexity index is 147. The standard InChI is InChI=1S/C14H28/c1-5-14(4,6-2)11-13-9-7-12(3)8-10-13/h12-13H,5-11H2,1-4H3. The summed E-state index contributed by atoms with van der Waals surface area (Å²) in [5.74, 6) is 2.04. The Morgan fingerprint density at radius 1 is 1.00 bits per heavy atom. The molecule has 0 heteroatoms. The second kappa shape index (κ2) is 5.19. The molecule has 0 N–H and O–H groups in total. The summed E-state index contributed by atoms with van der Waals surface area (Å²) < 4.78 is 0. The highest BCUT2D eigenvalue weighted by Gasteiger charge is 2.27. The summed E-state index contributed by atoms with van der Waals surface area (Å²) in [4.78, 5) is 0. The maximum Gasteiger partial charge on any atom is -0.0328 e. The molecule has 0 unspecified atom stereocenters. The summed E-state index contributed by atoms with van der Waals surface area (Å²) in [6.07, 6.45) is 10.1. The lowest BCUT2D eigenvalue weighted by Gasteiger charge is -2.34. The van der Waals surface area contributed by atoms with Crippen LogP contribution in [0.1, 0.15) is 72.6 Å². The van der Waals surface area contributed by atoms with Crippen molar-refractivity contribution in [2.75, 3.05) is 0 Å². The van der Waals surface area contributed by atoms with Crippen LogP contribution in [0.15, 0.2) is 0 Å². The Morgan fingerprint density at radius 3 is 1.93 bits per heavy atom. The molecule has 0 aromatic carbocycles. The van der Waals surface area contributed by atoms with Gasteiger partial charge in [-0.05, 0) is 23.7 Å². The first-order valence-corrected chi connectivity index (χ1v) is 6.59. The number of hydrogen-bond acceptors (Lipinski definition) is 0. The van der Waals surface area contributed by atoms with E-state index in [0.717, 1.165) is 11.8 Å². The predicted octanol–water partition coefficient (Wildman–Crippen LogP) is 5.03. The van der Waals surface area contributed by atoms with Crippen LogP contribution < -0.4 is 0 Å². The van der Waals surface area contributed by atoms with Gasteiger partial charge in [-0.15, -0.1) is 0 Å². The van der Waals surface area contributed by atoms with Gasteiger partial charge in [-0.25, -0.2) is 0 Å². The van der Waals surface area contributed by atoms with E-state index >= 15 is 0 Å². The van der Waals surface area contributed by atoms with Gasteiger partial charge in [0.15, 0.2) is 0 Å². The van der Waals surface area contributed by atoms with E-state index in [1.165, 1.54) is 44.9 Å².